The van der Waals surface area contributed by atoms with Crippen LogP contribution < -0.4 is 4.74 Å². The molecule has 0 unspecified atom stereocenters. The first kappa shape index (κ1) is 11.5. The number of nitriles is 1. The third-order valence-electron chi connectivity index (χ3n) is 2.28. The molecule has 0 aromatic heterocycles. The molecule has 0 aliphatic rings. The summed E-state index contributed by atoms with van der Waals surface area (Å²) < 4.78 is 5.71. The topological polar surface area (TPSA) is 33.0 Å². The summed E-state index contributed by atoms with van der Waals surface area (Å²) in [5, 5.41) is 9.39. The van der Waals surface area contributed by atoms with E-state index in [4.69, 9.17) is 21.6 Å². The number of halogens is 1. The van der Waals surface area contributed by atoms with Crippen LogP contribution in [0.25, 0.3) is 0 Å². The molecule has 0 spiro atoms. The highest BCUT2D eigenvalue weighted by molar-refractivity contribution is 6.30. The normalized spacial score (nSPS) is 9.65. The number of para-hydroxylation sites is 1. The Bertz CT molecular complexity index is 543. The van der Waals surface area contributed by atoms with Gasteiger partial charge in [0.25, 0.3) is 0 Å². The summed E-state index contributed by atoms with van der Waals surface area (Å²) in [6.45, 7) is 0. The van der Waals surface area contributed by atoms with Gasteiger partial charge in [0.2, 0.25) is 0 Å². The van der Waals surface area contributed by atoms with Gasteiger partial charge in [-0.05, 0) is 30.3 Å². The average molecular weight is 244 g/mol. The minimum Gasteiger partial charge on any atom is -0.457 e. The van der Waals surface area contributed by atoms with E-state index in [2.05, 4.69) is 6.07 Å². The Labute approximate surface area is 105 Å². The molecule has 0 heterocycles. The molecular formula is C14H10ClNO. The molecular weight excluding hydrogens is 234 g/mol. The number of hydrogen-bond acceptors (Lipinski definition) is 2. The number of rotatable bonds is 3. The van der Waals surface area contributed by atoms with E-state index in [1.165, 1.54) is 0 Å². The zero-order chi connectivity index (χ0) is 12.1. The Kier molecular flexibility index (Phi) is 3.64. The fourth-order valence-corrected chi connectivity index (χ4v) is 1.59. The van der Waals surface area contributed by atoms with E-state index in [-0.39, 0.29) is 0 Å². The highest BCUT2D eigenvalue weighted by Crippen LogP contribution is 2.26. The Balaban J connectivity index is 2.24. The van der Waals surface area contributed by atoms with E-state index in [0.717, 1.165) is 5.56 Å². The Morgan fingerprint density at radius 2 is 1.76 bits per heavy atom. The maximum Gasteiger partial charge on any atom is 0.131 e. The van der Waals surface area contributed by atoms with E-state index < -0.39 is 0 Å². The van der Waals surface area contributed by atoms with Crippen molar-refractivity contribution in [2.45, 2.75) is 6.42 Å². The molecule has 0 aliphatic carbocycles. The summed E-state index contributed by atoms with van der Waals surface area (Å²) >= 11 is 5.80. The van der Waals surface area contributed by atoms with E-state index in [9.17, 15) is 0 Å². The van der Waals surface area contributed by atoms with E-state index >= 15 is 0 Å². The Morgan fingerprint density at radius 1 is 1.06 bits per heavy atom. The van der Waals surface area contributed by atoms with Gasteiger partial charge < -0.3 is 4.74 Å². The number of ether oxygens (including phenoxy) is 1. The molecule has 0 saturated heterocycles. The van der Waals surface area contributed by atoms with Crippen molar-refractivity contribution in [1.29, 1.82) is 5.26 Å². The summed E-state index contributed by atoms with van der Waals surface area (Å²) in [5.41, 5.74) is 0.880. The predicted octanol–water partition coefficient (Wildman–Crippen LogP) is 4.20. The van der Waals surface area contributed by atoms with Crippen molar-refractivity contribution in [2.75, 3.05) is 0 Å². The maximum absolute atomic E-state index is 8.72. The third-order valence-corrected chi connectivity index (χ3v) is 2.54. The molecule has 0 aliphatic heterocycles. The molecule has 17 heavy (non-hydrogen) atoms. The predicted molar refractivity (Wildman–Crippen MR) is 67.3 cm³/mol. The lowest BCUT2D eigenvalue weighted by molar-refractivity contribution is 0.478. The largest absolute Gasteiger partial charge is 0.457 e. The first-order chi connectivity index (χ1) is 8.29. The monoisotopic (exact) mass is 243 g/mol. The van der Waals surface area contributed by atoms with Gasteiger partial charge in [-0.1, -0.05) is 29.8 Å². The van der Waals surface area contributed by atoms with Gasteiger partial charge in [-0.3, -0.25) is 0 Å². The molecule has 2 nitrogen and oxygen atoms in total. The maximum atomic E-state index is 8.72. The van der Waals surface area contributed by atoms with Crippen LogP contribution in [-0.4, -0.2) is 0 Å². The minimum atomic E-state index is 0.337. The lowest BCUT2D eigenvalue weighted by atomic mass is 10.1. The zero-order valence-corrected chi connectivity index (χ0v) is 9.82. The summed E-state index contributed by atoms with van der Waals surface area (Å²) in [5.74, 6) is 1.41. The van der Waals surface area contributed by atoms with Crippen molar-refractivity contribution in [2.24, 2.45) is 0 Å². The lowest BCUT2D eigenvalue weighted by Gasteiger charge is -2.08. The second-order valence-electron chi connectivity index (χ2n) is 3.50. The fraction of sp³-hybridized carbons (Fsp3) is 0.0714. The highest BCUT2D eigenvalue weighted by Gasteiger charge is 2.03. The molecule has 2 aromatic carbocycles. The van der Waals surface area contributed by atoms with Crippen LogP contribution in [0.3, 0.4) is 0 Å². The molecule has 0 N–H and O–H groups in total. The van der Waals surface area contributed by atoms with Crippen LogP contribution in [0.15, 0.2) is 48.5 Å². The number of benzene rings is 2. The van der Waals surface area contributed by atoms with Crippen molar-refractivity contribution >= 4 is 11.6 Å². The molecule has 2 rings (SSSR count). The molecule has 84 valence electrons. The van der Waals surface area contributed by atoms with Gasteiger partial charge in [0.05, 0.1) is 12.5 Å². The van der Waals surface area contributed by atoms with Crippen LogP contribution in [0.5, 0.6) is 11.5 Å². The van der Waals surface area contributed by atoms with Crippen molar-refractivity contribution in [3.8, 4) is 17.6 Å². The van der Waals surface area contributed by atoms with E-state index in [0.29, 0.717) is 22.9 Å². The van der Waals surface area contributed by atoms with Crippen LogP contribution in [0.1, 0.15) is 5.56 Å². The number of nitrogens with zero attached hydrogens (tertiary/aromatic N) is 1. The Morgan fingerprint density at radius 3 is 2.47 bits per heavy atom. The quantitative estimate of drug-likeness (QED) is 0.810. The molecule has 0 atom stereocenters. The molecule has 3 heteroatoms. The smallest absolute Gasteiger partial charge is 0.131 e. The first-order valence-electron chi connectivity index (χ1n) is 5.18. The van der Waals surface area contributed by atoms with Gasteiger partial charge in [-0.2, -0.15) is 5.26 Å². The molecule has 0 saturated carbocycles. The van der Waals surface area contributed by atoms with Gasteiger partial charge in [-0.25, -0.2) is 0 Å². The lowest BCUT2D eigenvalue weighted by Crippen LogP contribution is -1.90. The SMILES string of the molecule is N#CCc1ccccc1Oc1ccc(Cl)cc1. The van der Waals surface area contributed by atoms with Crippen LogP contribution in [-0.2, 0) is 6.42 Å². The van der Waals surface area contributed by atoms with Gasteiger partial charge in [0, 0.05) is 10.6 Å². The summed E-state index contributed by atoms with van der Waals surface area (Å²) in [7, 11) is 0. The fourth-order valence-electron chi connectivity index (χ4n) is 1.46. The van der Waals surface area contributed by atoms with Crippen LogP contribution in [0.4, 0.5) is 0 Å². The summed E-state index contributed by atoms with van der Waals surface area (Å²) in [6.07, 6.45) is 0.337. The second-order valence-corrected chi connectivity index (χ2v) is 3.94. The van der Waals surface area contributed by atoms with E-state index in [1.54, 1.807) is 24.3 Å². The molecule has 0 fully saturated rings. The third kappa shape index (κ3) is 2.99. The minimum absolute atomic E-state index is 0.337. The molecule has 0 radical (unpaired) electrons. The first-order valence-corrected chi connectivity index (χ1v) is 5.55. The van der Waals surface area contributed by atoms with Gasteiger partial charge in [0.15, 0.2) is 0 Å². The van der Waals surface area contributed by atoms with Gasteiger partial charge in [0.1, 0.15) is 11.5 Å². The van der Waals surface area contributed by atoms with Crippen molar-refractivity contribution in [3.05, 3.63) is 59.1 Å². The zero-order valence-electron chi connectivity index (χ0n) is 9.06. The van der Waals surface area contributed by atoms with E-state index in [1.807, 2.05) is 24.3 Å². The van der Waals surface area contributed by atoms with Crippen LogP contribution in [0, 0.1) is 11.3 Å². The van der Waals surface area contributed by atoms with Crippen LogP contribution in [0.2, 0.25) is 5.02 Å². The van der Waals surface area contributed by atoms with Gasteiger partial charge >= 0.3 is 0 Å². The molecule has 2 aromatic rings. The van der Waals surface area contributed by atoms with Crippen molar-refractivity contribution in [3.63, 3.8) is 0 Å². The standard InChI is InChI=1S/C14H10ClNO/c15-12-5-7-13(8-6-12)17-14-4-2-1-3-11(14)9-10-16/h1-8H,9H2. The Hall–Kier alpha value is -1.98. The molecule has 0 bridgehead atoms. The average Bonchev–Trinajstić information content (AvgIpc) is 2.35. The van der Waals surface area contributed by atoms with Crippen molar-refractivity contribution < 1.29 is 4.74 Å². The number of hydrogen-bond donors (Lipinski definition) is 0. The summed E-state index contributed by atoms with van der Waals surface area (Å²) in [4.78, 5) is 0. The van der Waals surface area contributed by atoms with Crippen LogP contribution >= 0.6 is 11.6 Å². The van der Waals surface area contributed by atoms with Gasteiger partial charge in [-0.15, -0.1) is 0 Å². The highest BCUT2D eigenvalue weighted by atomic mass is 35.5. The summed E-state index contributed by atoms with van der Waals surface area (Å²) in [6, 6.07) is 16.8. The molecule has 0 amide bonds. The second kappa shape index (κ2) is 5.38. The van der Waals surface area contributed by atoms with Crippen molar-refractivity contribution in [1.82, 2.24) is 0 Å².